The average molecular weight is 388 g/mol. The summed E-state index contributed by atoms with van der Waals surface area (Å²) in [4.78, 5) is 35.0. The van der Waals surface area contributed by atoms with Crippen LogP contribution in [-0.4, -0.2) is 24.4 Å². The van der Waals surface area contributed by atoms with Gasteiger partial charge in [0, 0.05) is 16.1 Å². The van der Waals surface area contributed by atoms with E-state index in [1.165, 1.54) is 6.08 Å². The summed E-state index contributed by atoms with van der Waals surface area (Å²) in [5.41, 5.74) is 1.16. The summed E-state index contributed by atoms with van der Waals surface area (Å²) in [6.45, 7) is -0.530. The number of nitrogens with one attached hydrogen (secondary N) is 1. The number of hydrogen-bond donors (Lipinski definition) is 1. The van der Waals surface area contributed by atoms with Gasteiger partial charge >= 0.3 is 5.97 Å². The Morgan fingerprint density at radius 2 is 1.67 bits per heavy atom. The summed E-state index contributed by atoms with van der Waals surface area (Å²) in [7, 11) is 0. The average Bonchev–Trinajstić information content (AvgIpc) is 2.60. The molecule has 0 aliphatic carbocycles. The van der Waals surface area contributed by atoms with Gasteiger partial charge in [0.05, 0.1) is 0 Å². The van der Waals surface area contributed by atoms with Gasteiger partial charge in [-0.25, -0.2) is 4.79 Å². The van der Waals surface area contributed by atoms with Crippen molar-refractivity contribution in [2.75, 3.05) is 6.61 Å². The molecule has 0 radical (unpaired) electrons. The Hall–Kier alpha value is -2.73. The number of hydrogen-bond acceptors (Lipinski definition) is 4. The first-order valence-electron chi connectivity index (χ1n) is 7.05. The SMILES string of the molecule is O=C(COC(=O)/C=C/c1ccccc1Br)NC(=O)c1ccccc1. The van der Waals surface area contributed by atoms with E-state index in [-0.39, 0.29) is 0 Å². The largest absolute Gasteiger partial charge is 0.452 e. The second-order valence-electron chi connectivity index (χ2n) is 4.71. The molecule has 24 heavy (non-hydrogen) atoms. The molecule has 0 aromatic heterocycles. The summed E-state index contributed by atoms with van der Waals surface area (Å²) < 4.78 is 5.63. The first-order chi connectivity index (χ1) is 11.6. The Morgan fingerprint density at radius 1 is 1.00 bits per heavy atom. The second kappa shape index (κ2) is 8.79. The van der Waals surface area contributed by atoms with E-state index in [0.717, 1.165) is 10.0 Å². The number of carbonyl (C=O) groups excluding carboxylic acids is 3. The van der Waals surface area contributed by atoms with Gasteiger partial charge in [0.15, 0.2) is 6.61 Å². The number of ether oxygens (including phenoxy) is 1. The van der Waals surface area contributed by atoms with E-state index in [1.807, 2.05) is 24.3 Å². The Balaban J connectivity index is 1.80. The minimum atomic E-state index is -0.688. The summed E-state index contributed by atoms with van der Waals surface area (Å²) in [5.74, 6) is -1.90. The highest BCUT2D eigenvalue weighted by molar-refractivity contribution is 9.10. The Kier molecular flexibility index (Phi) is 6.45. The molecule has 2 amide bonds. The minimum Gasteiger partial charge on any atom is -0.452 e. The third-order valence-corrected chi connectivity index (χ3v) is 3.66. The lowest BCUT2D eigenvalue weighted by atomic mass is 10.2. The molecule has 122 valence electrons. The van der Waals surface area contributed by atoms with Crippen LogP contribution in [0.15, 0.2) is 65.1 Å². The molecule has 0 atom stereocenters. The highest BCUT2D eigenvalue weighted by Gasteiger charge is 2.11. The number of esters is 1. The molecule has 0 aliphatic rings. The van der Waals surface area contributed by atoms with Gasteiger partial charge in [0.2, 0.25) is 0 Å². The zero-order valence-electron chi connectivity index (χ0n) is 12.6. The van der Waals surface area contributed by atoms with Crippen LogP contribution in [0.4, 0.5) is 0 Å². The molecule has 0 fully saturated rings. The number of imide groups is 1. The molecule has 1 N–H and O–H groups in total. The van der Waals surface area contributed by atoms with Gasteiger partial charge in [-0.3, -0.25) is 14.9 Å². The molecule has 0 bridgehead atoms. The van der Waals surface area contributed by atoms with Gasteiger partial charge < -0.3 is 4.74 Å². The molecule has 0 saturated heterocycles. The summed E-state index contributed by atoms with van der Waals surface area (Å²) in [6.07, 6.45) is 2.78. The maximum absolute atomic E-state index is 11.8. The van der Waals surface area contributed by atoms with Crippen molar-refractivity contribution in [3.8, 4) is 0 Å². The zero-order chi connectivity index (χ0) is 17.4. The van der Waals surface area contributed by atoms with E-state index in [4.69, 9.17) is 4.74 Å². The van der Waals surface area contributed by atoms with Crippen molar-refractivity contribution in [3.63, 3.8) is 0 Å². The van der Waals surface area contributed by atoms with Crippen LogP contribution in [0.2, 0.25) is 0 Å². The monoisotopic (exact) mass is 387 g/mol. The molecule has 0 unspecified atom stereocenters. The van der Waals surface area contributed by atoms with Crippen molar-refractivity contribution in [1.29, 1.82) is 0 Å². The van der Waals surface area contributed by atoms with Gasteiger partial charge in [-0.15, -0.1) is 0 Å². The quantitative estimate of drug-likeness (QED) is 0.632. The summed E-state index contributed by atoms with van der Waals surface area (Å²) >= 11 is 3.35. The number of benzene rings is 2. The Labute approximate surface area is 147 Å². The van der Waals surface area contributed by atoms with E-state index in [2.05, 4.69) is 21.2 Å². The Morgan fingerprint density at radius 3 is 2.38 bits per heavy atom. The fourth-order valence-electron chi connectivity index (χ4n) is 1.78. The number of carbonyl (C=O) groups is 3. The topological polar surface area (TPSA) is 72.5 Å². The van der Waals surface area contributed by atoms with Crippen LogP contribution in [0, 0.1) is 0 Å². The lowest BCUT2D eigenvalue weighted by Crippen LogP contribution is -2.33. The van der Waals surface area contributed by atoms with Crippen molar-refractivity contribution in [3.05, 3.63) is 76.3 Å². The molecule has 0 aliphatic heterocycles. The fraction of sp³-hybridized carbons (Fsp3) is 0.0556. The first-order valence-corrected chi connectivity index (χ1v) is 7.84. The summed E-state index contributed by atoms with van der Waals surface area (Å²) in [5, 5.41) is 2.15. The molecule has 2 rings (SSSR count). The van der Waals surface area contributed by atoms with Crippen molar-refractivity contribution in [2.24, 2.45) is 0 Å². The lowest BCUT2D eigenvalue weighted by molar-refractivity contribution is -0.143. The first kappa shape index (κ1) is 17.6. The van der Waals surface area contributed by atoms with Crippen LogP contribution < -0.4 is 5.32 Å². The molecular weight excluding hydrogens is 374 g/mol. The maximum atomic E-state index is 11.8. The van der Waals surface area contributed by atoms with Gasteiger partial charge in [-0.1, -0.05) is 52.3 Å². The smallest absolute Gasteiger partial charge is 0.331 e. The molecule has 6 heteroatoms. The molecule has 0 saturated carbocycles. The highest BCUT2D eigenvalue weighted by atomic mass is 79.9. The highest BCUT2D eigenvalue weighted by Crippen LogP contribution is 2.17. The van der Waals surface area contributed by atoms with E-state index in [9.17, 15) is 14.4 Å². The van der Waals surface area contributed by atoms with Crippen LogP contribution in [0.1, 0.15) is 15.9 Å². The maximum Gasteiger partial charge on any atom is 0.331 e. The predicted molar refractivity (Wildman–Crippen MR) is 93.1 cm³/mol. The van der Waals surface area contributed by atoms with E-state index >= 15 is 0 Å². The van der Waals surface area contributed by atoms with Crippen molar-refractivity contribution in [2.45, 2.75) is 0 Å². The van der Waals surface area contributed by atoms with Gasteiger partial charge in [-0.05, 0) is 29.8 Å². The third kappa shape index (κ3) is 5.48. The van der Waals surface area contributed by atoms with E-state index < -0.39 is 24.4 Å². The lowest BCUT2D eigenvalue weighted by Gasteiger charge is -2.04. The summed E-state index contributed by atoms with van der Waals surface area (Å²) in [6, 6.07) is 15.6. The van der Waals surface area contributed by atoms with Gasteiger partial charge in [0.25, 0.3) is 11.8 Å². The van der Waals surface area contributed by atoms with E-state index in [0.29, 0.717) is 5.56 Å². The third-order valence-electron chi connectivity index (χ3n) is 2.94. The van der Waals surface area contributed by atoms with Crippen LogP contribution in [-0.2, 0) is 14.3 Å². The number of rotatable bonds is 5. The van der Waals surface area contributed by atoms with Gasteiger partial charge in [0.1, 0.15) is 0 Å². The van der Waals surface area contributed by atoms with Crippen molar-refractivity contribution in [1.82, 2.24) is 5.32 Å². The minimum absolute atomic E-state index is 0.353. The molecule has 2 aromatic carbocycles. The van der Waals surface area contributed by atoms with Crippen LogP contribution in [0.5, 0.6) is 0 Å². The molecule has 0 heterocycles. The van der Waals surface area contributed by atoms with Crippen molar-refractivity contribution >= 4 is 39.8 Å². The normalized spacial score (nSPS) is 10.4. The number of halogens is 1. The molecule has 0 spiro atoms. The predicted octanol–water partition coefficient (Wildman–Crippen LogP) is 2.96. The van der Waals surface area contributed by atoms with Crippen molar-refractivity contribution < 1.29 is 19.1 Å². The van der Waals surface area contributed by atoms with E-state index in [1.54, 1.807) is 36.4 Å². The Bertz CT molecular complexity index is 772. The molecule has 5 nitrogen and oxygen atoms in total. The fourth-order valence-corrected chi connectivity index (χ4v) is 2.19. The van der Waals surface area contributed by atoms with Crippen LogP contribution in [0.25, 0.3) is 6.08 Å². The molecular formula is C18H14BrNO4. The van der Waals surface area contributed by atoms with Crippen LogP contribution >= 0.6 is 15.9 Å². The molecule has 2 aromatic rings. The number of amides is 2. The van der Waals surface area contributed by atoms with Crippen LogP contribution in [0.3, 0.4) is 0 Å². The standard InChI is InChI=1S/C18H14BrNO4/c19-15-9-5-4-6-13(15)10-11-17(22)24-12-16(21)20-18(23)14-7-2-1-3-8-14/h1-11H,12H2,(H,20,21,23)/b11-10+. The zero-order valence-corrected chi connectivity index (χ0v) is 14.2. The van der Waals surface area contributed by atoms with Gasteiger partial charge in [-0.2, -0.15) is 0 Å². The second-order valence-corrected chi connectivity index (χ2v) is 5.56.